The van der Waals surface area contributed by atoms with Gasteiger partial charge in [0.05, 0.1) is 23.8 Å². The van der Waals surface area contributed by atoms with Crippen LogP contribution in [0.5, 0.6) is 11.5 Å². The van der Waals surface area contributed by atoms with Crippen molar-refractivity contribution in [1.82, 2.24) is 0 Å². The van der Waals surface area contributed by atoms with Crippen LogP contribution in [0.3, 0.4) is 0 Å². The van der Waals surface area contributed by atoms with E-state index < -0.39 is 0 Å². The highest BCUT2D eigenvalue weighted by atomic mass is 79.9. The number of hydrogen-bond acceptors (Lipinski definition) is 3. The van der Waals surface area contributed by atoms with Crippen molar-refractivity contribution in [2.45, 2.75) is 6.42 Å². The summed E-state index contributed by atoms with van der Waals surface area (Å²) in [5, 5.41) is 0. The van der Waals surface area contributed by atoms with Crippen molar-refractivity contribution in [2.75, 3.05) is 13.7 Å². The third-order valence-electron chi connectivity index (χ3n) is 2.14. The van der Waals surface area contributed by atoms with Crippen molar-refractivity contribution in [3.63, 3.8) is 0 Å². The lowest BCUT2D eigenvalue weighted by Crippen LogP contribution is -2.15. The molecule has 0 unspecified atom stereocenters. The van der Waals surface area contributed by atoms with Crippen molar-refractivity contribution in [3.8, 4) is 11.5 Å². The molecule has 0 aliphatic carbocycles. The van der Waals surface area contributed by atoms with Crippen molar-refractivity contribution in [3.05, 3.63) is 22.2 Å². The first kappa shape index (κ1) is 9.52. The van der Waals surface area contributed by atoms with Gasteiger partial charge in [-0.25, -0.2) is 0 Å². The molecular weight excluding hydrogens is 248 g/mol. The lowest BCUT2D eigenvalue weighted by Gasteiger charge is -2.17. The number of ketones is 1. The van der Waals surface area contributed by atoms with Crippen LogP contribution in [-0.4, -0.2) is 19.5 Å². The first-order valence-electron chi connectivity index (χ1n) is 4.26. The van der Waals surface area contributed by atoms with Gasteiger partial charge in [0.2, 0.25) is 0 Å². The Morgan fingerprint density at radius 2 is 2.29 bits per heavy atom. The highest BCUT2D eigenvalue weighted by Crippen LogP contribution is 2.35. The third kappa shape index (κ3) is 1.50. The summed E-state index contributed by atoms with van der Waals surface area (Å²) in [7, 11) is 1.58. The number of benzene rings is 1. The van der Waals surface area contributed by atoms with Gasteiger partial charge in [-0.15, -0.1) is 0 Å². The molecule has 74 valence electrons. The maximum atomic E-state index is 11.5. The average Bonchev–Trinajstić information content (AvgIpc) is 2.19. The molecule has 1 aliphatic heterocycles. The summed E-state index contributed by atoms with van der Waals surface area (Å²) in [6.07, 6.45) is 0.450. The Bertz CT molecular complexity index is 387. The molecule has 0 fully saturated rings. The summed E-state index contributed by atoms with van der Waals surface area (Å²) in [5.41, 5.74) is 0.629. The molecule has 0 saturated heterocycles. The van der Waals surface area contributed by atoms with Crippen LogP contribution in [0.2, 0.25) is 0 Å². The number of fused-ring (bicyclic) bond motifs is 1. The lowest BCUT2D eigenvalue weighted by molar-refractivity contribution is 0.0933. The standard InChI is InChI=1S/C10H9BrO3/c1-13-10-5-9-6(4-7(10)11)8(12)2-3-14-9/h4-5H,2-3H2,1H3. The lowest BCUT2D eigenvalue weighted by atomic mass is 10.1. The van der Waals surface area contributed by atoms with Crippen molar-refractivity contribution in [2.24, 2.45) is 0 Å². The fourth-order valence-electron chi connectivity index (χ4n) is 1.42. The average molecular weight is 257 g/mol. The molecule has 1 aromatic carbocycles. The molecule has 2 rings (SSSR count). The van der Waals surface area contributed by atoms with E-state index in [-0.39, 0.29) is 5.78 Å². The van der Waals surface area contributed by atoms with Crippen LogP contribution in [0.1, 0.15) is 16.8 Å². The maximum absolute atomic E-state index is 11.5. The van der Waals surface area contributed by atoms with E-state index in [2.05, 4.69) is 15.9 Å². The number of carbonyl (C=O) groups excluding carboxylic acids is 1. The van der Waals surface area contributed by atoms with E-state index in [0.717, 1.165) is 4.47 Å². The molecule has 0 saturated carbocycles. The quantitative estimate of drug-likeness (QED) is 0.775. The van der Waals surface area contributed by atoms with E-state index >= 15 is 0 Å². The van der Waals surface area contributed by atoms with Crippen LogP contribution >= 0.6 is 15.9 Å². The summed E-state index contributed by atoms with van der Waals surface area (Å²) < 4.78 is 11.3. The van der Waals surface area contributed by atoms with Crippen LogP contribution in [0.4, 0.5) is 0 Å². The topological polar surface area (TPSA) is 35.5 Å². The predicted octanol–water partition coefficient (Wildman–Crippen LogP) is 2.42. The number of halogens is 1. The van der Waals surface area contributed by atoms with Gasteiger partial charge in [0.1, 0.15) is 11.5 Å². The van der Waals surface area contributed by atoms with Gasteiger partial charge in [0.25, 0.3) is 0 Å². The number of ether oxygens (including phenoxy) is 2. The second kappa shape index (κ2) is 3.61. The molecule has 0 N–H and O–H groups in total. The molecule has 1 heterocycles. The summed E-state index contributed by atoms with van der Waals surface area (Å²) in [5.74, 6) is 1.41. The molecular formula is C10H9BrO3. The fraction of sp³-hybridized carbons (Fsp3) is 0.300. The van der Waals surface area contributed by atoms with Crippen LogP contribution < -0.4 is 9.47 Å². The van der Waals surface area contributed by atoms with Crippen LogP contribution in [0.15, 0.2) is 16.6 Å². The monoisotopic (exact) mass is 256 g/mol. The van der Waals surface area contributed by atoms with E-state index in [1.165, 1.54) is 0 Å². The summed E-state index contributed by atoms with van der Waals surface area (Å²) >= 11 is 3.33. The largest absolute Gasteiger partial charge is 0.495 e. The van der Waals surface area contributed by atoms with E-state index in [4.69, 9.17) is 9.47 Å². The SMILES string of the molecule is COc1cc2c(cc1Br)C(=O)CCO2. The number of methoxy groups -OCH3 is 1. The molecule has 0 atom stereocenters. The van der Waals surface area contributed by atoms with Gasteiger partial charge in [-0.3, -0.25) is 4.79 Å². The van der Waals surface area contributed by atoms with E-state index in [0.29, 0.717) is 30.1 Å². The molecule has 0 aromatic heterocycles. The zero-order valence-corrected chi connectivity index (χ0v) is 9.26. The molecule has 1 aliphatic rings. The zero-order valence-electron chi connectivity index (χ0n) is 7.67. The minimum atomic E-state index is 0.120. The number of hydrogen-bond donors (Lipinski definition) is 0. The Morgan fingerprint density at radius 3 is 3.00 bits per heavy atom. The summed E-state index contributed by atoms with van der Waals surface area (Å²) in [4.78, 5) is 11.5. The maximum Gasteiger partial charge on any atom is 0.170 e. The second-order valence-corrected chi connectivity index (χ2v) is 3.86. The van der Waals surface area contributed by atoms with Gasteiger partial charge >= 0.3 is 0 Å². The van der Waals surface area contributed by atoms with Crippen LogP contribution in [0.25, 0.3) is 0 Å². The highest BCUT2D eigenvalue weighted by molar-refractivity contribution is 9.10. The molecule has 0 amide bonds. The predicted molar refractivity (Wildman–Crippen MR) is 55.1 cm³/mol. The highest BCUT2D eigenvalue weighted by Gasteiger charge is 2.20. The van der Waals surface area contributed by atoms with Gasteiger partial charge in [-0.05, 0) is 22.0 Å². The molecule has 0 bridgehead atoms. The first-order valence-corrected chi connectivity index (χ1v) is 5.05. The molecule has 1 aromatic rings. The van der Waals surface area contributed by atoms with E-state index in [9.17, 15) is 4.79 Å². The second-order valence-electron chi connectivity index (χ2n) is 3.00. The van der Waals surface area contributed by atoms with E-state index in [1.54, 1.807) is 19.2 Å². The minimum Gasteiger partial charge on any atom is -0.495 e. The van der Waals surface area contributed by atoms with Gasteiger partial charge in [-0.2, -0.15) is 0 Å². The molecule has 0 spiro atoms. The van der Waals surface area contributed by atoms with Crippen LogP contribution in [0, 0.1) is 0 Å². The van der Waals surface area contributed by atoms with Gasteiger partial charge in [0.15, 0.2) is 5.78 Å². The van der Waals surface area contributed by atoms with Crippen molar-refractivity contribution < 1.29 is 14.3 Å². The molecule has 0 radical (unpaired) electrons. The smallest absolute Gasteiger partial charge is 0.170 e. The first-order chi connectivity index (χ1) is 6.72. The van der Waals surface area contributed by atoms with Crippen LogP contribution in [-0.2, 0) is 0 Å². The molecule has 3 nitrogen and oxygen atoms in total. The molecule has 4 heteroatoms. The number of carbonyl (C=O) groups is 1. The Balaban J connectivity index is 2.54. The zero-order chi connectivity index (χ0) is 10.1. The Kier molecular flexibility index (Phi) is 2.46. The number of rotatable bonds is 1. The third-order valence-corrected chi connectivity index (χ3v) is 2.76. The van der Waals surface area contributed by atoms with Gasteiger partial charge < -0.3 is 9.47 Å². The number of Topliss-reactive ketones (excluding diaryl/α,β-unsaturated/α-hetero) is 1. The van der Waals surface area contributed by atoms with Gasteiger partial charge in [-0.1, -0.05) is 0 Å². The summed E-state index contributed by atoms with van der Waals surface area (Å²) in [6.45, 7) is 0.455. The molecule has 14 heavy (non-hydrogen) atoms. The minimum absolute atomic E-state index is 0.120. The van der Waals surface area contributed by atoms with Crippen molar-refractivity contribution >= 4 is 21.7 Å². The Labute approximate surface area is 90.1 Å². The Hall–Kier alpha value is -1.03. The normalized spacial score (nSPS) is 14.6. The van der Waals surface area contributed by atoms with Gasteiger partial charge in [0, 0.05) is 12.5 Å². The van der Waals surface area contributed by atoms with Crippen molar-refractivity contribution in [1.29, 1.82) is 0 Å². The fourth-order valence-corrected chi connectivity index (χ4v) is 1.92. The van der Waals surface area contributed by atoms with E-state index in [1.807, 2.05) is 0 Å². The summed E-state index contributed by atoms with van der Waals surface area (Å²) in [6, 6.07) is 3.48. The Morgan fingerprint density at radius 1 is 1.50 bits per heavy atom.